The largest absolute Gasteiger partial charge is 0.407 e. The molecule has 0 spiro atoms. The van der Waals surface area contributed by atoms with E-state index >= 15 is 0 Å². The first-order valence-electron chi connectivity index (χ1n) is 15.1. The van der Waals surface area contributed by atoms with Crippen molar-refractivity contribution >= 4 is 51.8 Å². The maximum Gasteiger partial charge on any atom is 0.349 e. The number of imidazole rings is 1. The maximum atomic E-state index is 7.26. The van der Waals surface area contributed by atoms with Crippen molar-refractivity contribution in [2.75, 3.05) is 6.61 Å². The predicted octanol–water partition coefficient (Wildman–Crippen LogP) is 8.40. The van der Waals surface area contributed by atoms with Gasteiger partial charge in [0.25, 0.3) is 0 Å². The highest BCUT2D eigenvalue weighted by Gasteiger charge is 2.66. The summed E-state index contributed by atoms with van der Waals surface area (Å²) in [6.07, 6.45) is 5.89. The zero-order valence-electron chi connectivity index (χ0n) is 27.4. The van der Waals surface area contributed by atoms with Crippen LogP contribution in [0.25, 0.3) is 23.3 Å². The van der Waals surface area contributed by atoms with Crippen LogP contribution in [0.5, 0.6) is 0 Å². The molecule has 4 heterocycles. The SMILES string of the molecule is CC(C)(C)[Si](C)(C)O[C@@H]1[C@@H]2O[Si](C(C)(C)C)(C(C)(C)C)OC[C@H]2O[C@H]1n1cnc2c(C=Cc3cccc(Cl)c3)ncnc21. The van der Waals surface area contributed by atoms with Gasteiger partial charge in [-0.25, -0.2) is 15.0 Å². The van der Waals surface area contributed by atoms with Crippen LogP contribution in [0.3, 0.4) is 0 Å². The van der Waals surface area contributed by atoms with E-state index in [0.29, 0.717) is 28.5 Å². The average Bonchev–Trinajstić information content (AvgIpc) is 3.46. The molecule has 0 amide bonds. The minimum atomic E-state index is -2.77. The Kier molecular flexibility index (Phi) is 8.42. The van der Waals surface area contributed by atoms with Crippen LogP contribution in [-0.2, 0) is 18.0 Å². The fourth-order valence-electron chi connectivity index (χ4n) is 6.15. The van der Waals surface area contributed by atoms with E-state index < -0.39 is 23.1 Å². The van der Waals surface area contributed by atoms with Gasteiger partial charge in [-0.15, -0.1) is 0 Å². The Bertz CT molecular complexity index is 1490. The highest BCUT2D eigenvalue weighted by Crippen LogP contribution is 2.56. The molecule has 3 aromatic rings. The molecule has 0 radical (unpaired) electrons. The third kappa shape index (κ3) is 5.92. The standard InChI is InChI=1S/C32H47ClN4O4Si2/c1-30(2,3)42(10,11)40-27-26-24(18-38-43(41-26,31(4,5)6)32(7,8)9)39-29(27)37-20-36-25-23(34-19-35-28(25)37)16-15-21-13-12-14-22(33)17-21/h12-17,19-20,24,26-27,29H,18H2,1-11H3/t24-,26-,27-,29-/m1/s1. The number of aromatic nitrogens is 4. The molecule has 2 saturated heterocycles. The number of nitrogens with zero attached hydrogens (tertiary/aromatic N) is 4. The molecule has 2 aliphatic heterocycles. The Morgan fingerprint density at radius 1 is 1.00 bits per heavy atom. The van der Waals surface area contributed by atoms with Crippen LogP contribution in [-0.4, -0.2) is 61.3 Å². The van der Waals surface area contributed by atoms with E-state index in [-0.39, 0.29) is 33.4 Å². The van der Waals surface area contributed by atoms with Crippen molar-refractivity contribution in [1.29, 1.82) is 0 Å². The molecule has 234 valence electrons. The van der Waals surface area contributed by atoms with Crippen molar-refractivity contribution < 1.29 is 18.0 Å². The minimum Gasteiger partial charge on any atom is -0.407 e. The first kappa shape index (κ1) is 32.5. The number of hydrogen-bond acceptors (Lipinski definition) is 7. The molecule has 2 fully saturated rings. The van der Waals surface area contributed by atoms with Crippen LogP contribution < -0.4 is 0 Å². The van der Waals surface area contributed by atoms with Gasteiger partial charge in [0.1, 0.15) is 30.2 Å². The highest BCUT2D eigenvalue weighted by atomic mass is 35.5. The van der Waals surface area contributed by atoms with E-state index in [0.717, 1.165) is 5.56 Å². The van der Waals surface area contributed by atoms with E-state index in [1.807, 2.05) is 41.0 Å². The molecule has 43 heavy (non-hydrogen) atoms. The molecule has 8 nitrogen and oxygen atoms in total. The summed E-state index contributed by atoms with van der Waals surface area (Å²) in [6, 6.07) is 7.69. The first-order chi connectivity index (χ1) is 19.8. The monoisotopic (exact) mass is 642 g/mol. The van der Waals surface area contributed by atoms with Gasteiger partial charge >= 0.3 is 8.56 Å². The van der Waals surface area contributed by atoms with E-state index in [1.165, 1.54) is 0 Å². The van der Waals surface area contributed by atoms with E-state index in [2.05, 4.69) is 85.4 Å². The molecule has 1 aromatic carbocycles. The Morgan fingerprint density at radius 2 is 1.70 bits per heavy atom. The summed E-state index contributed by atoms with van der Waals surface area (Å²) in [5, 5.41) is 0.369. The lowest BCUT2D eigenvalue weighted by Gasteiger charge is -2.54. The number of fused-ring (bicyclic) bond motifs is 2. The predicted molar refractivity (Wildman–Crippen MR) is 178 cm³/mol. The lowest BCUT2D eigenvalue weighted by atomic mass is 10.1. The summed E-state index contributed by atoms with van der Waals surface area (Å²) in [5.41, 5.74) is 3.07. The molecule has 11 heteroatoms. The Labute approximate surface area is 263 Å². The fourth-order valence-corrected chi connectivity index (χ4v) is 12.6. The summed E-state index contributed by atoms with van der Waals surface area (Å²) in [5.74, 6) is 0. The van der Waals surface area contributed by atoms with Gasteiger partial charge in [0, 0.05) is 15.1 Å². The zero-order chi connectivity index (χ0) is 31.6. The molecule has 0 N–H and O–H groups in total. The second kappa shape index (κ2) is 11.2. The first-order valence-corrected chi connectivity index (χ1v) is 20.2. The van der Waals surface area contributed by atoms with Crippen LogP contribution >= 0.6 is 11.6 Å². The average molecular weight is 643 g/mol. The van der Waals surface area contributed by atoms with Crippen LogP contribution in [0.4, 0.5) is 0 Å². The van der Waals surface area contributed by atoms with E-state index in [1.54, 1.807) is 12.7 Å². The summed E-state index contributed by atoms with van der Waals surface area (Å²) in [7, 11) is -5.02. The van der Waals surface area contributed by atoms with Crippen LogP contribution in [0, 0.1) is 0 Å². The topological polar surface area (TPSA) is 80.5 Å². The molecule has 2 aliphatic rings. The Hall–Kier alpha value is -1.93. The Morgan fingerprint density at radius 3 is 2.33 bits per heavy atom. The number of ether oxygens (including phenoxy) is 1. The third-order valence-electron chi connectivity index (χ3n) is 9.19. The molecular formula is C32H47ClN4O4Si2. The Balaban J connectivity index is 1.56. The lowest BCUT2D eigenvalue weighted by Crippen LogP contribution is -2.66. The van der Waals surface area contributed by atoms with Crippen molar-refractivity contribution in [2.45, 2.75) is 115 Å². The molecule has 0 saturated carbocycles. The smallest absolute Gasteiger partial charge is 0.349 e. The van der Waals surface area contributed by atoms with Crippen LogP contribution in [0.1, 0.15) is 79.8 Å². The van der Waals surface area contributed by atoms with Gasteiger partial charge in [-0.3, -0.25) is 4.57 Å². The maximum absolute atomic E-state index is 7.26. The van der Waals surface area contributed by atoms with Gasteiger partial charge in [-0.2, -0.15) is 0 Å². The molecular weight excluding hydrogens is 596 g/mol. The van der Waals surface area contributed by atoms with Gasteiger partial charge in [0.15, 0.2) is 20.2 Å². The molecule has 2 aromatic heterocycles. The van der Waals surface area contributed by atoms with Crippen molar-refractivity contribution in [3.05, 3.63) is 53.2 Å². The van der Waals surface area contributed by atoms with Crippen molar-refractivity contribution in [1.82, 2.24) is 19.5 Å². The van der Waals surface area contributed by atoms with Crippen LogP contribution in [0.15, 0.2) is 36.9 Å². The van der Waals surface area contributed by atoms with E-state index in [4.69, 9.17) is 34.6 Å². The van der Waals surface area contributed by atoms with Crippen molar-refractivity contribution in [2.24, 2.45) is 0 Å². The van der Waals surface area contributed by atoms with Gasteiger partial charge in [0.2, 0.25) is 0 Å². The normalized spacial score (nSPS) is 25.0. The molecule has 0 bridgehead atoms. The number of benzene rings is 1. The molecule has 4 atom stereocenters. The zero-order valence-corrected chi connectivity index (χ0v) is 30.2. The molecule has 0 unspecified atom stereocenters. The molecule has 0 aliphatic carbocycles. The lowest BCUT2D eigenvalue weighted by molar-refractivity contribution is -0.0795. The van der Waals surface area contributed by atoms with Gasteiger partial charge < -0.3 is 18.0 Å². The van der Waals surface area contributed by atoms with Gasteiger partial charge in [0.05, 0.1) is 18.6 Å². The summed E-state index contributed by atoms with van der Waals surface area (Å²) < 4.78 is 30.0. The number of hydrogen-bond donors (Lipinski definition) is 0. The molecule has 5 rings (SSSR count). The highest BCUT2D eigenvalue weighted by molar-refractivity contribution is 6.74. The summed E-state index contributed by atoms with van der Waals surface area (Å²) >= 11 is 6.19. The van der Waals surface area contributed by atoms with Gasteiger partial charge in [-0.1, -0.05) is 92.1 Å². The van der Waals surface area contributed by atoms with Crippen LogP contribution in [0.2, 0.25) is 33.2 Å². The fraction of sp³-hybridized carbons (Fsp3) is 0.594. The summed E-state index contributed by atoms with van der Waals surface area (Å²) in [6.45, 7) is 25.2. The van der Waals surface area contributed by atoms with Crippen molar-refractivity contribution in [3.8, 4) is 0 Å². The second-order valence-corrected chi connectivity index (χ2v) is 25.3. The second-order valence-electron chi connectivity index (χ2n) is 15.4. The quantitative estimate of drug-likeness (QED) is 0.259. The number of rotatable bonds is 5. The summed E-state index contributed by atoms with van der Waals surface area (Å²) in [4.78, 5) is 14.0. The minimum absolute atomic E-state index is 0.000843. The van der Waals surface area contributed by atoms with Crippen molar-refractivity contribution in [3.63, 3.8) is 0 Å². The third-order valence-corrected chi connectivity index (χ3v) is 19.0. The number of halogens is 1. The van der Waals surface area contributed by atoms with Gasteiger partial charge in [-0.05, 0) is 41.9 Å². The van der Waals surface area contributed by atoms with E-state index in [9.17, 15) is 0 Å².